The topological polar surface area (TPSA) is 41.1 Å². The molecule has 1 amide bonds. The van der Waals surface area contributed by atoms with Crippen LogP contribution in [-0.2, 0) is 11.0 Å². The summed E-state index contributed by atoms with van der Waals surface area (Å²) in [6, 6.07) is 10.9. The third-order valence-corrected chi connectivity index (χ3v) is 3.58. The van der Waals surface area contributed by atoms with Crippen LogP contribution in [0.5, 0.6) is 0 Å². The number of halogens is 4. The van der Waals surface area contributed by atoms with Crippen LogP contribution in [-0.4, -0.2) is 12.5 Å². The largest absolute Gasteiger partial charge is 0.417 e. The van der Waals surface area contributed by atoms with Gasteiger partial charge in [-0.2, -0.15) is 13.2 Å². The van der Waals surface area contributed by atoms with Crippen molar-refractivity contribution in [2.45, 2.75) is 19.5 Å². The van der Waals surface area contributed by atoms with E-state index >= 15 is 0 Å². The first-order chi connectivity index (χ1) is 11.3. The van der Waals surface area contributed by atoms with Crippen LogP contribution in [0.25, 0.3) is 0 Å². The minimum Gasteiger partial charge on any atom is -0.385 e. The number of rotatable bonds is 5. The number of carbonyl (C=O) groups excluding carboxylic acids is 1. The number of nitrogens with one attached hydrogen (secondary N) is 2. The lowest BCUT2D eigenvalue weighted by atomic mass is 10.2. The zero-order valence-corrected chi connectivity index (χ0v) is 13.6. The summed E-state index contributed by atoms with van der Waals surface area (Å²) in [4.78, 5) is 11.8. The molecular formula is C17H16ClF3N2O. The zero-order valence-electron chi connectivity index (χ0n) is 12.9. The monoisotopic (exact) mass is 356 g/mol. The van der Waals surface area contributed by atoms with Crippen LogP contribution in [0.1, 0.15) is 17.5 Å². The molecule has 0 aliphatic heterocycles. The summed E-state index contributed by atoms with van der Waals surface area (Å²) >= 11 is 5.56. The lowest BCUT2D eigenvalue weighted by Gasteiger charge is -2.12. The van der Waals surface area contributed by atoms with E-state index in [0.29, 0.717) is 5.69 Å². The maximum absolute atomic E-state index is 12.8. The molecule has 0 fully saturated rings. The van der Waals surface area contributed by atoms with Crippen molar-refractivity contribution in [3.8, 4) is 0 Å². The Labute approximate surface area is 142 Å². The lowest BCUT2D eigenvalue weighted by molar-refractivity contribution is -0.137. The van der Waals surface area contributed by atoms with Gasteiger partial charge in [-0.25, -0.2) is 0 Å². The number of alkyl halides is 3. The SMILES string of the molecule is Cc1cccc(NC(=O)CCNc2ccc(Cl)c(C(F)(F)F)c2)c1. The highest BCUT2D eigenvalue weighted by atomic mass is 35.5. The first-order valence-electron chi connectivity index (χ1n) is 7.23. The molecule has 0 aliphatic carbocycles. The standard InChI is InChI=1S/C17H16ClF3N2O/c1-11-3-2-4-13(9-11)23-16(24)7-8-22-12-5-6-15(18)14(10-12)17(19,20)21/h2-6,9-10,22H,7-8H2,1H3,(H,23,24). The van der Waals surface area contributed by atoms with Gasteiger partial charge in [0, 0.05) is 24.3 Å². The first-order valence-corrected chi connectivity index (χ1v) is 7.60. The van der Waals surface area contributed by atoms with Gasteiger partial charge in [-0.15, -0.1) is 0 Å². The highest BCUT2D eigenvalue weighted by Crippen LogP contribution is 2.36. The Bertz CT molecular complexity index is 732. The second-order valence-electron chi connectivity index (χ2n) is 5.29. The molecule has 0 radical (unpaired) electrons. The first kappa shape index (κ1) is 18.1. The number of anilines is 2. The van der Waals surface area contributed by atoms with Gasteiger partial charge in [0.15, 0.2) is 0 Å². The van der Waals surface area contributed by atoms with Crippen LogP contribution >= 0.6 is 11.6 Å². The predicted octanol–water partition coefficient (Wildman–Crippen LogP) is 5.11. The summed E-state index contributed by atoms with van der Waals surface area (Å²) in [6.45, 7) is 2.12. The molecule has 24 heavy (non-hydrogen) atoms. The van der Waals surface area contributed by atoms with Crippen molar-refractivity contribution in [3.63, 3.8) is 0 Å². The zero-order chi connectivity index (χ0) is 17.7. The minimum absolute atomic E-state index is 0.123. The molecule has 2 aromatic rings. The maximum Gasteiger partial charge on any atom is 0.417 e. The number of hydrogen-bond donors (Lipinski definition) is 2. The number of benzene rings is 2. The summed E-state index contributed by atoms with van der Waals surface area (Å²) in [5.74, 6) is -0.224. The highest BCUT2D eigenvalue weighted by Gasteiger charge is 2.33. The molecule has 2 N–H and O–H groups in total. The Morgan fingerprint density at radius 2 is 1.88 bits per heavy atom. The molecule has 2 aromatic carbocycles. The quantitative estimate of drug-likeness (QED) is 0.781. The summed E-state index contributed by atoms with van der Waals surface area (Å²) in [5, 5.41) is 5.17. The van der Waals surface area contributed by atoms with Gasteiger partial charge in [-0.05, 0) is 42.8 Å². The summed E-state index contributed by atoms with van der Waals surface area (Å²) < 4.78 is 38.3. The van der Waals surface area contributed by atoms with Crippen LogP contribution in [0.3, 0.4) is 0 Å². The van der Waals surface area contributed by atoms with E-state index in [-0.39, 0.29) is 29.6 Å². The molecule has 0 aromatic heterocycles. The second-order valence-corrected chi connectivity index (χ2v) is 5.69. The molecule has 3 nitrogen and oxygen atoms in total. The van der Waals surface area contributed by atoms with Crippen molar-refractivity contribution < 1.29 is 18.0 Å². The van der Waals surface area contributed by atoms with Crippen LogP contribution in [0, 0.1) is 6.92 Å². The fourth-order valence-corrected chi connectivity index (χ4v) is 2.34. The number of aryl methyl sites for hydroxylation is 1. The fraction of sp³-hybridized carbons (Fsp3) is 0.235. The molecule has 0 atom stereocenters. The van der Waals surface area contributed by atoms with Gasteiger partial charge >= 0.3 is 6.18 Å². The van der Waals surface area contributed by atoms with Crippen LogP contribution < -0.4 is 10.6 Å². The van der Waals surface area contributed by atoms with E-state index in [0.717, 1.165) is 11.6 Å². The Balaban J connectivity index is 1.89. The minimum atomic E-state index is -4.52. The van der Waals surface area contributed by atoms with Gasteiger partial charge in [-0.1, -0.05) is 23.7 Å². The van der Waals surface area contributed by atoms with E-state index in [1.54, 1.807) is 6.07 Å². The Hall–Kier alpha value is -2.21. The van der Waals surface area contributed by atoms with Gasteiger partial charge in [0.1, 0.15) is 0 Å². The smallest absolute Gasteiger partial charge is 0.385 e. The normalized spacial score (nSPS) is 11.2. The van der Waals surface area contributed by atoms with Crippen LogP contribution in [0.2, 0.25) is 5.02 Å². The molecule has 0 saturated heterocycles. The Morgan fingerprint density at radius 3 is 2.54 bits per heavy atom. The van der Waals surface area contributed by atoms with E-state index in [9.17, 15) is 18.0 Å². The number of hydrogen-bond acceptors (Lipinski definition) is 2. The van der Waals surface area contributed by atoms with Gasteiger partial charge in [0.25, 0.3) is 0 Å². The number of carbonyl (C=O) groups is 1. The van der Waals surface area contributed by atoms with Crippen molar-refractivity contribution in [2.75, 3.05) is 17.2 Å². The van der Waals surface area contributed by atoms with E-state index in [1.807, 2.05) is 25.1 Å². The Morgan fingerprint density at radius 1 is 1.12 bits per heavy atom. The molecule has 0 bridgehead atoms. The van der Waals surface area contributed by atoms with E-state index in [2.05, 4.69) is 10.6 Å². The van der Waals surface area contributed by atoms with Crippen molar-refractivity contribution in [1.29, 1.82) is 0 Å². The summed E-state index contributed by atoms with van der Waals surface area (Å²) in [6.07, 6.45) is -4.39. The van der Waals surface area contributed by atoms with Crippen molar-refractivity contribution in [1.82, 2.24) is 0 Å². The average molecular weight is 357 g/mol. The van der Waals surface area contributed by atoms with Crippen LogP contribution in [0.4, 0.5) is 24.5 Å². The summed E-state index contributed by atoms with van der Waals surface area (Å²) in [5.41, 5.74) is 1.06. The molecule has 7 heteroatoms. The van der Waals surface area contributed by atoms with Gasteiger partial charge in [0.2, 0.25) is 5.91 Å². The third kappa shape index (κ3) is 5.16. The van der Waals surface area contributed by atoms with Crippen molar-refractivity contribution in [2.24, 2.45) is 0 Å². The molecule has 2 rings (SSSR count). The highest BCUT2D eigenvalue weighted by molar-refractivity contribution is 6.31. The summed E-state index contributed by atoms with van der Waals surface area (Å²) in [7, 11) is 0. The molecular weight excluding hydrogens is 341 g/mol. The van der Waals surface area contributed by atoms with Crippen molar-refractivity contribution >= 4 is 28.9 Å². The maximum atomic E-state index is 12.8. The van der Waals surface area contributed by atoms with Gasteiger partial charge in [0.05, 0.1) is 10.6 Å². The third-order valence-electron chi connectivity index (χ3n) is 3.25. The Kier molecular flexibility index (Phi) is 5.72. The predicted molar refractivity (Wildman–Crippen MR) is 89.4 cm³/mol. The van der Waals surface area contributed by atoms with Crippen molar-refractivity contribution in [3.05, 3.63) is 58.6 Å². The molecule has 0 aliphatic rings. The molecule has 0 heterocycles. The van der Waals surface area contributed by atoms with Crippen LogP contribution in [0.15, 0.2) is 42.5 Å². The lowest BCUT2D eigenvalue weighted by Crippen LogP contribution is -2.16. The fourth-order valence-electron chi connectivity index (χ4n) is 2.12. The second kappa shape index (κ2) is 7.57. The van der Waals surface area contributed by atoms with E-state index < -0.39 is 11.7 Å². The number of amides is 1. The molecule has 0 spiro atoms. The average Bonchev–Trinajstić information content (AvgIpc) is 2.48. The van der Waals surface area contributed by atoms with Gasteiger partial charge in [-0.3, -0.25) is 4.79 Å². The molecule has 128 valence electrons. The van der Waals surface area contributed by atoms with E-state index in [4.69, 9.17) is 11.6 Å². The molecule has 0 saturated carbocycles. The van der Waals surface area contributed by atoms with Gasteiger partial charge < -0.3 is 10.6 Å². The molecule has 0 unspecified atom stereocenters. The van der Waals surface area contributed by atoms with E-state index in [1.165, 1.54) is 12.1 Å².